The Labute approximate surface area is 121 Å². The molecule has 0 saturated carbocycles. The maximum atomic E-state index is 5.85. The van der Waals surface area contributed by atoms with Crippen molar-refractivity contribution in [2.75, 3.05) is 5.73 Å². The van der Waals surface area contributed by atoms with E-state index in [1.807, 2.05) is 49.5 Å². The number of hydrogen-bond donors (Lipinski definition) is 1. The minimum absolute atomic E-state index is 0.728. The fourth-order valence-electron chi connectivity index (χ4n) is 2.80. The third-order valence-corrected chi connectivity index (χ3v) is 3.71. The van der Waals surface area contributed by atoms with Gasteiger partial charge in [0, 0.05) is 17.3 Å². The van der Waals surface area contributed by atoms with Gasteiger partial charge in [-0.2, -0.15) is 0 Å². The first kappa shape index (κ1) is 11.9. The van der Waals surface area contributed by atoms with Crippen LogP contribution in [0.15, 0.2) is 54.7 Å². The normalized spacial score (nSPS) is 11.3. The highest BCUT2D eigenvalue weighted by molar-refractivity contribution is 5.90. The molecule has 0 spiro atoms. The Bertz CT molecular complexity index is 964. The fraction of sp³-hybridized carbons (Fsp3) is 0.0588. The van der Waals surface area contributed by atoms with Gasteiger partial charge in [-0.05, 0) is 49.4 Å². The molecule has 2 heterocycles. The summed E-state index contributed by atoms with van der Waals surface area (Å²) in [5.74, 6) is 0.937. The molecule has 2 aromatic heterocycles. The third kappa shape index (κ3) is 1.76. The van der Waals surface area contributed by atoms with E-state index in [1.165, 1.54) is 0 Å². The van der Waals surface area contributed by atoms with E-state index in [-0.39, 0.29) is 0 Å². The van der Waals surface area contributed by atoms with Crippen LogP contribution in [0, 0.1) is 6.92 Å². The summed E-state index contributed by atoms with van der Waals surface area (Å²) >= 11 is 0. The second kappa shape index (κ2) is 4.31. The van der Waals surface area contributed by atoms with Gasteiger partial charge < -0.3 is 5.73 Å². The Morgan fingerprint density at radius 3 is 2.81 bits per heavy atom. The lowest BCUT2D eigenvalue weighted by Crippen LogP contribution is -1.98. The van der Waals surface area contributed by atoms with E-state index < -0.39 is 0 Å². The van der Waals surface area contributed by atoms with Crippen molar-refractivity contribution in [1.82, 2.24) is 14.5 Å². The second-order valence-electron chi connectivity index (χ2n) is 5.09. The van der Waals surface area contributed by atoms with E-state index in [0.717, 1.165) is 39.1 Å². The minimum Gasteiger partial charge on any atom is -0.399 e. The van der Waals surface area contributed by atoms with Crippen molar-refractivity contribution in [2.24, 2.45) is 0 Å². The van der Waals surface area contributed by atoms with Crippen molar-refractivity contribution in [3.8, 4) is 5.69 Å². The summed E-state index contributed by atoms with van der Waals surface area (Å²) in [4.78, 5) is 9.04. The first-order chi connectivity index (χ1) is 10.2. The number of nitrogens with two attached hydrogens (primary N) is 1. The molecule has 4 nitrogen and oxygen atoms in total. The molecule has 0 fully saturated rings. The zero-order chi connectivity index (χ0) is 14.4. The highest BCUT2D eigenvalue weighted by Crippen LogP contribution is 2.27. The average Bonchev–Trinajstić information content (AvgIpc) is 2.81. The van der Waals surface area contributed by atoms with Crippen molar-refractivity contribution in [2.45, 2.75) is 6.92 Å². The lowest BCUT2D eigenvalue weighted by molar-refractivity contribution is 1.01. The number of nitrogen functional groups attached to an aromatic ring is 1. The summed E-state index contributed by atoms with van der Waals surface area (Å²) in [6, 6.07) is 16.0. The molecule has 102 valence electrons. The van der Waals surface area contributed by atoms with Crippen LogP contribution in [0.1, 0.15) is 5.82 Å². The molecule has 2 N–H and O–H groups in total. The lowest BCUT2D eigenvalue weighted by atomic mass is 10.1. The molecule has 0 radical (unpaired) electrons. The van der Waals surface area contributed by atoms with Crippen LogP contribution >= 0.6 is 0 Å². The molecule has 0 aliphatic heterocycles. The third-order valence-electron chi connectivity index (χ3n) is 3.71. The van der Waals surface area contributed by atoms with Crippen LogP contribution < -0.4 is 5.73 Å². The van der Waals surface area contributed by atoms with Crippen LogP contribution in [0.25, 0.3) is 27.6 Å². The first-order valence-corrected chi connectivity index (χ1v) is 6.83. The number of aromatic nitrogens is 3. The summed E-state index contributed by atoms with van der Waals surface area (Å²) in [6.07, 6.45) is 1.81. The molecule has 0 bridgehead atoms. The highest BCUT2D eigenvalue weighted by Gasteiger charge is 2.11. The standard InChI is InChI=1S/C17H14N4/c1-11-20-15-10-12(18)7-8-17(15)21(11)16-6-2-5-14-13(16)4-3-9-19-14/h2-10H,18H2,1H3. The van der Waals surface area contributed by atoms with Gasteiger partial charge in [-0.1, -0.05) is 6.07 Å². The molecule has 0 aliphatic rings. The Hall–Kier alpha value is -2.88. The van der Waals surface area contributed by atoms with Gasteiger partial charge in [-0.25, -0.2) is 4.98 Å². The summed E-state index contributed by atoms with van der Waals surface area (Å²) in [5.41, 5.74) is 10.6. The smallest absolute Gasteiger partial charge is 0.111 e. The fourth-order valence-corrected chi connectivity index (χ4v) is 2.80. The van der Waals surface area contributed by atoms with Gasteiger partial charge in [-0.3, -0.25) is 9.55 Å². The van der Waals surface area contributed by atoms with E-state index in [4.69, 9.17) is 5.73 Å². The molecule has 0 unspecified atom stereocenters. The second-order valence-corrected chi connectivity index (χ2v) is 5.09. The summed E-state index contributed by atoms with van der Waals surface area (Å²) in [5, 5.41) is 1.11. The quantitative estimate of drug-likeness (QED) is 0.541. The van der Waals surface area contributed by atoms with E-state index in [2.05, 4.69) is 26.7 Å². The van der Waals surface area contributed by atoms with Crippen LogP contribution in [0.5, 0.6) is 0 Å². The van der Waals surface area contributed by atoms with Crippen LogP contribution in [0.3, 0.4) is 0 Å². The molecule has 4 aromatic rings. The molecule has 4 heteroatoms. The monoisotopic (exact) mass is 274 g/mol. The molecular formula is C17H14N4. The van der Waals surface area contributed by atoms with E-state index in [9.17, 15) is 0 Å². The molecule has 4 rings (SSSR count). The molecule has 0 aliphatic carbocycles. The van der Waals surface area contributed by atoms with Crippen molar-refractivity contribution in [3.63, 3.8) is 0 Å². The van der Waals surface area contributed by atoms with Crippen molar-refractivity contribution in [1.29, 1.82) is 0 Å². The minimum atomic E-state index is 0.728. The Morgan fingerprint density at radius 2 is 1.90 bits per heavy atom. The van der Waals surface area contributed by atoms with Crippen LogP contribution in [-0.4, -0.2) is 14.5 Å². The van der Waals surface area contributed by atoms with E-state index in [1.54, 1.807) is 0 Å². The summed E-state index contributed by atoms with van der Waals surface area (Å²) < 4.78 is 2.15. The molecule has 21 heavy (non-hydrogen) atoms. The lowest BCUT2D eigenvalue weighted by Gasteiger charge is -2.10. The van der Waals surface area contributed by atoms with Crippen molar-refractivity contribution >= 4 is 27.6 Å². The van der Waals surface area contributed by atoms with Gasteiger partial charge in [-0.15, -0.1) is 0 Å². The number of pyridine rings is 1. The van der Waals surface area contributed by atoms with Gasteiger partial charge in [0.15, 0.2) is 0 Å². The Kier molecular flexibility index (Phi) is 2.44. The largest absolute Gasteiger partial charge is 0.399 e. The Balaban J connectivity index is 2.11. The van der Waals surface area contributed by atoms with Gasteiger partial charge in [0.1, 0.15) is 5.82 Å². The maximum absolute atomic E-state index is 5.85. The number of rotatable bonds is 1. The average molecular weight is 274 g/mol. The zero-order valence-electron chi connectivity index (χ0n) is 11.6. The maximum Gasteiger partial charge on any atom is 0.111 e. The van der Waals surface area contributed by atoms with Gasteiger partial charge in [0.25, 0.3) is 0 Å². The highest BCUT2D eigenvalue weighted by atomic mass is 15.1. The number of anilines is 1. The number of aryl methyl sites for hydroxylation is 1. The number of fused-ring (bicyclic) bond motifs is 2. The SMILES string of the molecule is Cc1nc2cc(N)ccc2n1-c1cccc2ncccc12. The van der Waals surface area contributed by atoms with Crippen LogP contribution in [0.4, 0.5) is 5.69 Å². The van der Waals surface area contributed by atoms with Crippen molar-refractivity contribution in [3.05, 3.63) is 60.6 Å². The van der Waals surface area contributed by atoms with Gasteiger partial charge >= 0.3 is 0 Å². The van der Waals surface area contributed by atoms with Gasteiger partial charge in [0.2, 0.25) is 0 Å². The predicted molar refractivity (Wildman–Crippen MR) is 85.5 cm³/mol. The topological polar surface area (TPSA) is 56.7 Å². The summed E-state index contributed by atoms with van der Waals surface area (Å²) in [6.45, 7) is 2.01. The van der Waals surface area contributed by atoms with E-state index >= 15 is 0 Å². The van der Waals surface area contributed by atoms with E-state index in [0.29, 0.717) is 0 Å². The molecule has 0 amide bonds. The molecule has 0 saturated heterocycles. The van der Waals surface area contributed by atoms with Gasteiger partial charge in [0.05, 0.1) is 22.2 Å². The van der Waals surface area contributed by atoms with Crippen molar-refractivity contribution < 1.29 is 0 Å². The number of benzene rings is 2. The zero-order valence-corrected chi connectivity index (χ0v) is 11.6. The summed E-state index contributed by atoms with van der Waals surface area (Å²) in [7, 11) is 0. The molecular weight excluding hydrogens is 260 g/mol. The molecule has 2 aromatic carbocycles. The number of nitrogens with zero attached hydrogens (tertiary/aromatic N) is 3. The van der Waals surface area contributed by atoms with Crippen LogP contribution in [0.2, 0.25) is 0 Å². The Morgan fingerprint density at radius 1 is 1.00 bits per heavy atom. The predicted octanol–water partition coefficient (Wildman–Crippen LogP) is 3.46. The number of hydrogen-bond acceptors (Lipinski definition) is 3. The molecule has 0 atom stereocenters. The first-order valence-electron chi connectivity index (χ1n) is 6.83. The number of imidazole rings is 1. The van der Waals surface area contributed by atoms with Crippen LogP contribution in [-0.2, 0) is 0 Å².